The minimum atomic E-state index is -3.38. The van der Waals surface area contributed by atoms with Gasteiger partial charge in [-0.3, -0.25) is 9.59 Å². The molecule has 0 saturated heterocycles. The minimum Gasteiger partial charge on any atom is -0.466 e. The van der Waals surface area contributed by atoms with E-state index < -0.39 is 47.9 Å². The Bertz CT molecular complexity index is 771. The van der Waals surface area contributed by atoms with Gasteiger partial charge in [0.2, 0.25) is 0 Å². The quantitative estimate of drug-likeness (QED) is 0.459. The molecule has 0 aliphatic heterocycles. The zero-order chi connectivity index (χ0) is 23.9. The van der Waals surface area contributed by atoms with Crippen LogP contribution in [0.5, 0.6) is 0 Å². The van der Waals surface area contributed by atoms with Crippen molar-refractivity contribution in [3.05, 3.63) is 11.4 Å². The molecule has 1 heterocycles. The zero-order valence-electron chi connectivity index (χ0n) is 19.6. The molecule has 0 N–H and O–H groups in total. The van der Waals surface area contributed by atoms with Crippen molar-refractivity contribution in [2.45, 2.75) is 89.9 Å². The number of Topliss-reactive ketones (excluding diaryl/α,β-unsaturated/α-hetero) is 1. The van der Waals surface area contributed by atoms with E-state index in [-0.39, 0.29) is 37.6 Å². The molecule has 0 aromatic carbocycles. The van der Waals surface area contributed by atoms with Gasteiger partial charge >= 0.3 is 5.97 Å². The summed E-state index contributed by atoms with van der Waals surface area (Å²) in [5, 5.41) is 7.95. The van der Waals surface area contributed by atoms with E-state index >= 15 is 8.78 Å². The average molecular weight is 460 g/mol. The molecule has 1 aliphatic rings. The topological polar surface area (TPSA) is 92.5 Å². The van der Waals surface area contributed by atoms with Crippen LogP contribution in [0.15, 0.2) is 0 Å². The number of carbonyl (C=O) groups excluding carboxylic acids is 2. The lowest BCUT2D eigenvalue weighted by Crippen LogP contribution is -2.37. The number of rotatable bonds is 11. The smallest absolute Gasteiger partial charge is 0.306 e. The van der Waals surface area contributed by atoms with E-state index in [4.69, 9.17) is 14.2 Å². The second-order valence-electron chi connectivity index (χ2n) is 8.16. The molecule has 0 amide bonds. The van der Waals surface area contributed by atoms with Crippen molar-refractivity contribution in [2.24, 2.45) is 5.92 Å². The van der Waals surface area contributed by atoms with Crippen LogP contribution in [0.3, 0.4) is 0 Å². The predicted octanol–water partition coefficient (Wildman–Crippen LogP) is 4.15. The summed E-state index contributed by atoms with van der Waals surface area (Å²) in [6.45, 7) is 5.86. The van der Waals surface area contributed by atoms with Crippen molar-refractivity contribution in [3.8, 4) is 0 Å². The van der Waals surface area contributed by atoms with Crippen LogP contribution in [0.4, 0.5) is 8.78 Å². The monoisotopic (exact) mass is 459 g/mol. The van der Waals surface area contributed by atoms with Crippen LogP contribution in [-0.4, -0.2) is 53.7 Å². The Labute approximate surface area is 188 Å². The van der Waals surface area contributed by atoms with E-state index in [1.807, 2.05) is 13.8 Å². The fourth-order valence-electron chi connectivity index (χ4n) is 4.39. The lowest BCUT2D eigenvalue weighted by molar-refractivity contribution is -0.145. The highest BCUT2D eigenvalue weighted by Gasteiger charge is 2.49. The van der Waals surface area contributed by atoms with Gasteiger partial charge in [0, 0.05) is 33.0 Å². The van der Waals surface area contributed by atoms with E-state index in [2.05, 4.69) is 10.3 Å². The first-order valence-electron chi connectivity index (χ1n) is 11.3. The number of aromatic nitrogens is 3. The summed E-state index contributed by atoms with van der Waals surface area (Å²) in [6.07, 6.45) is -0.156. The highest BCUT2D eigenvalue weighted by atomic mass is 19.3. The van der Waals surface area contributed by atoms with Crippen molar-refractivity contribution in [2.75, 3.05) is 20.8 Å². The number of hydrogen-bond donors (Lipinski definition) is 0. The molecule has 0 saturated carbocycles. The van der Waals surface area contributed by atoms with E-state index in [9.17, 15) is 9.59 Å². The molecule has 8 nitrogen and oxygen atoms in total. The first-order chi connectivity index (χ1) is 15.2. The molecule has 0 spiro atoms. The molecule has 0 bridgehead atoms. The normalized spacial score (nSPS) is 23.7. The summed E-state index contributed by atoms with van der Waals surface area (Å²) < 4.78 is 48.5. The second-order valence-corrected chi connectivity index (χ2v) is 8.16. The van der Waals surface area contributed by atoms with Gasteiger partial charge in [-0.05, 0) is 26.2 Å². The van der Waals surface area contributed by atoms with Crippen LogP contribution in [0, 0.1) is 5.92 Å². The van der Waals surface area contributed by atoms with E-state index in [1.165, 1.54) is 14.2 Å². The van der Waals surface area contributed by atoms with Crippen LogP contribution in [0.2, 0.25) is 0 Å². The lowest BCUT2D eigenvalue weighted by atomic mass is 9.82. The van der Waals surface area contributed by atoms with Gasteiger partial charge in [0.25, 0.3) is 5.92 Å². The number of carbonyl (C=O) groups is 2. The van der Waals surface area contributed by atoms with Gasteiger partial charge in [-0.2, -0.15) is 8.78 Å². The number of esters is 1. The molecule has 4 atom stereocenters. The maximum absolute atomic E-state index is 15.4. The maximum atomic E-state index is 15.4. The number of alkyl halides is 2. The number of halogens is 2. The minimum absolute atomic E-state index is 0.0431. The maximum Gasteiger partial charge on any atom is 0.306 e. The Morgan fingerprint density at radius 2 is 1.91 bits per heavy atom. The highest BCUT2D eigenvalue weighted by Crippen LogP contribution is 2.45. The Morgan fingerprint density at radius 3 is 2.47 bits per heavy atom. The molecule has 2 rings (SSSR count). The average Bonchev–Trinajstić information content (AvgIpc) is 3.19. The number of nitrogens with zero attached hydrogens (tertiary/aromatic N) is 3. The molecule has 1 aliphatic carbocycles. The lowest BCUT2D eigenvalue weighted by Gasteiger charge is -2.34. The molecule has 0 radical (unpaired) electrons. The largest absolute Gasteiger partial charge is 0.466 e. The Kier molecular flexibility index (Phi) is 9.69. The summed E-state index contributed by atoms with van der Waals surface area (Å²) in [6, 6.07) is -0.0939. The SMILES string of the molecule is CCCC(CC)n1nnc2c1[C@H](OC)[C@@H](OC)CC(C(=O)CCC(=O)OCC)CC2(F)F. The first kappa shape index (κ1) is 26.3. The Hall–Kier alpha value is -1.94. The fraction of sp³-hybridized carbons (Fsp3) is 0.818. The first-order valence-corrected chi connectivity index (χ1v) is 11.3. The van der Waals surface area contributed by atoms with Gasteiger partial charge in [0.05, 0.1) is 30.9 Å². The van der Waals surface area contributed by atoms with Crippen molar-refractivity contribution in [1.82, 2.24) is 15.0 Å². The third-order valence-corrected chi connectivity index (χ3v) is 6.04. The third-order valence-electron chi connectivity index (χ3n) is 6.04. The van der Waals surface area contributed by atoms with E-state index in [0.717, 1.165) is 12.8 Å². The molecular formula is C22H35F2N3O5. The number of ketones is 1. The molecule has 1 aromatic heterocycles. The summed E-state index contributed by atoms with van der Waals surface area (Å²) in [5.74, 6) is -5.35. The van der Waals surface area contributed by atoms with Crippen LogP contribution in [0.25, 0.3) is 0 Å². The second kappa shape index (κ2) is 11.8. The molecule has 10 heteroatoms. The molecule has 182 valence electrons. The molecule has 2 unspecified atom stereocenters. The Morgan fingerprint density at radius 1 is 1.19 bits per heavy atom. The van der Waals surface area contributed by atoms with Crippen LogP contribution < -0.4 is 0 Å². The number of hydrogen-bond acceptors (Lipinski definition) is 7. The molecule has 1 aromatic rings. The van der Waals surface area contributed by atoms with Crippen molar-refractivity contribution in [3.63, 3.8) is 0 Å². The van der Waals surface area contributed by atoms with Gasteiger partial charge in [0.15, 0.2) is 5.69 Å². The van der Waals surface area contributed by atoms with Crippen molar-refractivity contribution < 1.29 is 32.6 Å². The van der Waals surface area contributed by atoms with Crippen LogP contribution in [-0.2, 0) is 29.7 Å². The van der Waals surface area contributed by atoms with Crippen LogP contribution in [0.1, 0.15) is 89.3 Å². The predicted molar refractivity (Wildman–Crippen MR) is 112 cm³/mol. The number of fused-ring (bicyclic) bond motifs is 1. The van der Waals surface area contributed by atoms with E-state index in [0.29, 0.717) is 6.42 Å². The van der Waals surface area contributed by atoms with Gasteiger partial charge in [-0.1, -0.05) is 25.5 Å². The van der Waals surface area contributed by atoms with Crippen molar-refractivity contribution >= 4 is 11.8 Å². The summed E-state index contributed by atoms with van der Waals surface area (Å²) in [7, 11) is 2.89. The van der Waals surface area contributed by atoms with Crippen LogP contribution >= 0.6 is 0 Å². The van der Waals surface area contributed by atoms with Gasteiger partial charge in [0.1, 0.15) is 11.9 Å². The van der Waals surface area contributed by atoms with Gasteiger partial charge in [-0.25, -0.2) is 4.68 Å². The van der Waals surface area contributed by atoms with E-state index in [1.54, 1.807) is 11.6 Å². The fourth-order valence-corrected chi connectivity index (χ4v) is 4.39. The summed E-state index contributed by atoms with van der Waals surface area (Å²) in [5.41, 5.74) is -0.258. The number of methoxy groups -OCH3 is 2. The molecule has 32 heavy (non-hydrogen) atoms. The van der Waals surface area contributed by atoms with Gasteiger partial charge in [-0.15, -0.1) is 5.10 Å². The molecular weight excluding hydrogens is 424 g/mol. The number of ether oxygens (including phenoxy) is 3. The molecule has 0 fully saturated rings. The zero-order valence-corrected chi connectivity index (χ0v) is 19.6. The third kappa shape index (κ3) is 5.89. The highest BCUT2D eigenvalue weighted by molar-refractivity contribution is 5.85. The standard InChI is InChI=1S/C22H35F2N3O5/c1-6-9-15(7-2)27-19-20(31-5)17(30-4)12-14(13-22(23,24)21(19)25-26-27)16(28)10-11-18(29)32-8-3/h14-15,17,20H,6-13H2,1-5H3/t14?,15?,17-,20+/m0/s1. The summed E-state index contributed by atoms with van der Waals surface area (Å²) in [4.78, 5) is 24.4. The van der Waals surface area contributed by atoms with Gasteiger partial charge < -0.3 is 14.2 Å². The summed E-state index contributed by atoms with van der Waals surface area (Å²) >= 11 is 0. The van der Waals surface area contributed by atoms with Crippen molar-refractivity contribution in [1.29, 1.82) is 0 Å². The Balaban J connectivity index is 2.42.